The summed E-state index contributed by atoms with van der Waals surface area (Å²) in [6.07, 6.45) is 12.5. The summed E-state index contributed by atoms with van der Waals surface area (Å²) >= 11 is 0. The highest BCUT2D eigenvalue weighted by atomic mass is 14.7. The minimum Gasteiger partial charge on any atom is -0.258 e. The molecule has 0 aliphatic heterocycles. The van der Waals surface area contributed by atoms with E-state index in [2.05, 4.69) is 12.1 Å². The minimum atomic E-state index is 0.956. The van der Waals surface area contributed by atoms with Crippen molar-refractivity contribution in [2.24, 2.45) is 17.8 Å². The number of hydrogen-bond donors (Lipinski definition) is 0. The molecule has 1 heteroatoms. The van der Waals surface area contributed by atoms with Gasteiger partial charge in [-0.3, -0.25) is 4.98 Å². The van der Waals surface area contributed by atoms with E-state index < -0.39 is 0 Å². The van der Waals surface area contributed by atoms with Crippen LogP contribution in [0.3, 0.4) is 0 Å². The summed E-state index contributed by atoms with van der Waals surface area (Å²) in [5.41, 5.74) is 4.33. The summed E-state index contributed by atoms with van der Waals surface area (Å²) in [4.78, 5) is 4.96. The zero-order valence-electron chi connectivity index (χ0n) is 11.2. The Morgan fingerprint density at radius 1 is 1.06 bits per heavy atom. The second-order valence-corrected chi connectivity index (χ2v) is 6.75. The maximum atomic E-state index is 4.96. The predicted octanol–water partition coefficient (Wildman–Crippen LogP) is 3.94. The first-order valence-electron chi connectivity index (χ1n) is 7.86. The Balaban J connectivity index is 1.51. The largest absolute Gasteiger partial charge is 0.258 e. The molecule has 2 saturated carbocycles. The summed E-state index contributed by atoms with van der Waals surface area (Å²) in [6, 6.07) is 4.68. The molecular weight excluding hydrogens is 218 g/mol. The van der Waals surface area contributed by atoms with Crippen LogP contribution in [-0.4, -0.2) is 4.98 Å². The van der Waals surface area contributed by atoms with Crippen LogP contribution in [0.4, 0.5) is 0 Å². The van der Waals surface area contributed by atoms with Gasteiger partial charge in [0.2, 0.25) is 0 Å². The third-order valence-electron chi connectivity index (χ3n) is 5.59. The fourth-order valence-corrected chi connectivity index (χ4v) is 4.64. The number of aromatic nitrogens is 1. The third-order valence-corrected chi connectivity index (χ3v) is 5.59. The maximum Gasteiger partial charge on any atom is 0.0438 e. The summed E-state index contributed by atoms with van der Waals surface area (Å²) in [5, 5.41) is 0. The van der Waals surface area contributed by atoms with E-state index in [0.717, 1.165) is 17.8 Å². The highest BCUT2D eigenvalue weighted by Crippen LogP contribution is 2.49. The van der Waals surface area contributed by atoms with Crippen molar-refractivity contribution in [1.82, 2.24) is 4.98 Å². The molecular formula is C17H23N. The van der Waals surface area contributed by atoms with Crippen molar-refractivity contribution in [1.29, 1.82) is 0 Å². The fraction of sp³-hybridized carbons (Fsp3) is 0.706. The summed E-state index contributed by atoms with van der Waals surface area (Å²) in [6.45, 7) is 0. The van der Waals surface area contributed by atoms with Crippen LogP contribution in [-0.2, 0) is 19.3 Å². The number of pyridine rings is 1. The molecule has 0 amide bonds. The lowest BCUT2D eigenvalue weighted by Crippen LogP contribution is -2.15. The van der Waals surface area contributed by atoms with Gasteiger partial charge in [0, 0.05) is 11.4 Å². The first-order valence-corrected chi connectivity index (χ1v) is 7.86. The molecule has 3 aliphatic carbocycles. The molecule has 3 aliphatic rings. The standard InChI is InChI=1S/C17H23N/c1-2-4-17-13(3-1)7-8-16(18-17)11-15-10-12-5-6-14(15)9-12/h7-8,12,14-15H,1-6,9-11H2/t12?,14?,15-/m0/s1. The number of aryl methyl sites for hydroxylation is 2. The van der Waals surface area contributed by atoms with Gasteiger partial charge >= 0.3 is 0 Å². The van der Waals surface area contributed by atoms with Gasteiger partial charge in [0.1, 0.15) is 0 Å². The molecule has 0 spiro atoms. The van der Waals surface area contributed by atoms with Gasteiger partial charge in [-0.2, -0.15) is 0 Å². The molecule has 1 aromatic heterocycles. The average Bonchev–Trinajstić information content (AvgIpc) is 3.01. The van der Waals surface area contributed by atoms with Crippen molar-refractivity contribution in [3.63, 3.8) is 0 Å². The van der Waals surface area contributed by atoms with Gasteiger partial charge in [0.15, 0.2) is 0 Å². The second kappa shape index (κ2) is 4.36. The Hall–Kier alpha value is -0.850. The number of hydrogen-bond acceptors (Lipinski definition) is 1. The van der Waals surface area contributed by atoms with Crippen molar-refractivity contribution in [3.8, 4) is 0 Å². The van der Waals surface area contributed by atoms with E-state index in [1.54, 1.807) is 0 Å². The van der Waals surface area contributed by atoms with E-state index in [0.29, 0.717) is 0 Å². The van der Waals surface area contributed by atoms with Crippen molar-refractivity contribution < 1.29 is 0 Å². The van der Waals surface area contributed by atoms with Crippen molar-refractivity contribution in [3.05, 3.63) is 29.1 Å². The van der Waals surface area contributed by atoms with Crippen LogP contribution in [0.1, 0.15) is 55.5 Å². The molecule has 2 bridgehead atoms. The van der Waals surface area contributed by atoms with Crippen LogP contribution in [0.15, 0.2) is 12.1 Å². The molecule has 3 atom stereocenters. The fourth-order valence-electron chi connectivity index (χ4n) is 4.64. The SMILES string of the molecule is c1cc2c(nc1C[C@@H]1CC3CCC1C3)CCCC2. The average molecular weight is 241 g/mol. The number of fused-ring (bicyclic) bond motifs is 3. The molecule has 0 aromatic carbocycles. The maximum absolute atomic E-state index is 4.96. The Bertz CT molecular complexity index is 451. The summed E-state index contributed by atoms with van der Waals surface area (Å²) in [5.74, 6) is 3.06. The Morgan fingerprint density at radius 2 is 2.00 bits per heavy atom. The van der Waals surface area contributed by atoms with Crippen LogP contribution >= 0.6 is 0 Å². The normalized spacial score (nSPS) is 33.7. The Labute approximate surface area is 110 Å². The Morgan fingerprint density at radius 3 is 2.83 bits per heavy atom. The van der Waals surface area contributed by atoms with Gasteiger partial charge in [0.05, 0.1) is 0 Å². The van der Waals surface area contributed by atoms with E-state index in [9.17, 15) is 0 Å². The molecule has 2 fully saturated rings. The predicted molar refractivity (Wildman–Crippen MR) is 73.5 cm³/mol. The van der Waals surface area contributed by atoms with Crippen molar-refractivity contribution in [2.75, 3.05) is 0 Å². The molecule has 1 nitrogen and oxygen atoms in total. The molecule has 0 saturated heterocycles. The van der Waals surface area contributed by atoms with Gasteiger partial charge in [-0.25, -0.2) is 0 Å². The highest BCUT2D eigenvalue weighted by molar-refractivity contribution is 5.25. The van der Waals surface area contributed by atoms with Gasteiger partial charge in [-0.15, -0.1) is 0 Å². The topological polar surface area (TPSA) is 12.9 Å². The number of nitrogens with zero attached hydrogens (tertiary/aromatic N) is 1. The lowest BCUT2D eigenvalue weighted by molar-refractivity contribution is 0.329. The van der Waals surface area contributed by atoms with Gasteiger partial charge < -0.3 is 0 Å². The molecule has 0 N–H and O–H groups in total. The van der Waals surface area contributed by atoms with Crippen LogP contribution in [0.5, 0.6) is 0 Å². The van der Waals surface area contributed by atoms with Gasteiger partial charge in [-0.1, -0.05) is 12.5 Å². The van der Waals surface area contributed by atoms with E-state index >= 15 is 0 Å². The molecule has 0 radical (unpaired) electrons. The first kappa shape index (κ1) is 11.0. The molecule has 96 valence electrons. The van der Waals surface area contributed by atoms with Gasteiger partial charge in [-0.05, 0) is 80.8 Å². The molecule has 2 unspecified atom stereocenters. The van der Waals surface area contributed by atoms with E-state index in [1.807, 2.05) is 0 Å². The zero-order valence-corrected chi connectivity index (χ0v) is 11.2. The van der Waals surface area contributed by atoms with Gasteiger partial charge in [0.25, 0.3) is 0 Å². The lowest BCUT2D eigenvalue weighted by atomic mass is 9.85. The molecule has 4 rings (SSSR count). The third kappa shape index (κ3) is 1.88. The molecule has 1 heterocycles. The van der Waals surface area contributed by atoms with E-state index in [4.69, 9.17) is 4.98 Å². The number of rotatable bonds is 2. The second-order valence-electron chi connectivity index (χ2n) is 6.75. The van der Waals surface area contributed by atoms with Crippen LogP contribution in [0.25, 0.3) is 0 Å². The zero-order chi connectivity index (χ0) is 11.9. The van der Waals surface area contributed by atoms with Crippen LogP contribution in [0.2, 0.25) is 0 Å². The Kier molecular flexibility index (Phi) is 2.67. The highest BCUT2D eigenvalue weighted by Gasteiger charge is 2.39. The van der Waals surface area contributed by atoms with Crippen LogP contribution in [0, 0.1) is 17.8 Å². The lowest BCUT2D eigenvalue weighted by Gasteiger charge is -2.22. The van der Waals surface area contributed by atoms with E-state index in [1.165, 1.54) is 74.7 Å². The van der Waals surface area contributed by atoms with E-state index in [-0.39, 0.29) is 0 Å². The monoisotopic (exact) mass is 241 g/mol. The molecule has 1 aromatic rings. The minimum absolute atomic E-state index is 0.956. The molecule has 18 heavy (non-hydrogen) atoms. The quantitative estimate of drug-likeness (QED) is 0.764. The summed E-state index contributed by atoms with van der Waals surface area (Å²) in [7, 11) is 0. The first-order chi connectivity index (χ1) is 8.88. The van der Waals surface area contributed by atoms with Crippen LogP contribution < -0.4 is 0 Å². The smallest absolute Gasteiger partial charge is 0.0438 e. The van der Waals surface area contributed by atoms with Crippen molar-refractivity contribution >= 4 is 0 Å². The van der Waals surface area contributed by atoms with Crippen molar-refractivity contribution in [2.45, 2.75) is 57.8 Å². The summed E-state index contributed by atoms with van der Waals surface area (Å²) < 4.78 is 0.